The van der Waals surface area contributed by atoms with Gasteiger partial charge in [-0.05, 0) is 30.4 Å². The Hall–Kier alpha value is -2.49. The molecule has 0 amide bonds. The van der Waals surface area contributed by atoms with E-state index in [1.807, 2.05) is 42.5 Å². The van der Waals surface area contributed by atoms with Crippen LogP contribution >= 0.6 is 0 Å². The number of rotatable bonds is 2. The molecule has 0 N–H and O–H groups in total. The summed E-state index contributed by atoms with van der Waals surface area (Å²) < 4.78 is 0. The third-order valence-corrected chi connectivity index (χ3v) is 3.57. The summed E-state index contributed by atoms with van der Waals surface area (Å²) in [6.45, 7) is 0. The van der Waals surface area contributed by atoms with Crippen molar-refractivity contribution in [3.8, 4) is 0 Å². The quantitative estimate of drug-likeness (QED) is 0.607. The van der Waals surface area contributed by atoms with Crippen molar-refractivity contribution < 1.29 is 4.92 Å². The molecule has 0 spiro atoms. The van der Waals surface area contributed by atoms with Gasteiger partial charge in [0.2, 0.25) is 0 Å². The van der Waals surface area contributed by atoms with Crippen LogP contribution in [0.25, 0.3) is 5.57 Å². The molecule has 0 bridgehead atoms. The van der Waals surface area contributed by atoms with Crippen LogP contribution in [0.4, 0.5) is 5.69 Å². The molecule has 0 atom stereocenters. The third-order valence-electron chi connectivity index (χ3n) is 3.57. The number of hydrogen-bond acceptors (Lipinski definition) is 3. The molecule has 1 heterocycles. The maximum atomic E-state index is 11.3. The van der Waals surface area contributed by atoms with Crippen molar-refractivity contribution in [3.63, 3.8) is 0 Å². The van der Waals surface area contributed by atoms with Crippen LogP contribution in [0, 0.1) is 10.1 Å². The number of hydrogen-bond donors (Lipinski definition) is 0. The van der Waals surface area contributed by atoms with Crippen molar-refractivity contribution >= 4 is 11.3 Å². The Balaban J connectivity index is 2.21. The van der Waals surface area contributed by atoms with E-state index >= 15 is 0 Å². The van der Waals surface area contributed by atoms with Crippen LogP contribution in [0.15, 0.2) is 48.7 Å². The minimum atomic E-state index is -0.339. The first-order valence-corrected chi connectivity index (χ1v) is 6.64. The van der Waals surface area contributed by atoms with Crippen molar-refractivity contribution in [1.29, 1.82) is 0 Å². The lowest BCUT2D eigenvalue weighted by Gasteiger charge is -2.10. The van der Waals surface area contributed by atoms with Gasteiger partial charge in [0.05, 0.1) is 10.5 Å². The van der Waals surface area contributed by atoms with Crippen molar-refractivity contribution in [3.05, 3.63) is 75.7 Å². The fourth-order valence-electron chi connectivity index (χ4n) is 2.69. The average molecular weight is 266 g/mol. The molecule has 0 unspecified atom stereocenters. The molecule has 0 radical (unpaired) electrons. The summed E-state index contributed by atoms with van der Waals surface area (Å²) in [6, 6.07) is 0. The molecule has 2 aliphatic carbocycles. The second kappa shape index (κ2) is 5.25. The van der Waals surface area contributed by atoms with Gasteiger partial charge in [0.1, 0.15) is 6.20 Å². The standard InChI is InChI=1S/C16H14N2O2/c19-18(20)15-11-17-14-10-6-9-13(14)16(15)12-7-4-2-1-3-5-8-12/h1-5,7-8,11H,6,9-10H2/b2-1-,3-1?,4-2?,5-3-,7-4-,8-5?,12-7?,12-8+. The Bertz CT molecular complexity index is 682. The van der Waals surface area contributed by atoms with Crippen molar-refractivity contribution in [2.24, 2.45) is 0 Å². The zero-order chi connectivity index (χ0) is 13.9. The van der Waals surface area contributed by atoms with Gasteiger partial charge in [0.15, 0.2) is 0 Å². The van der Waals surface area contributed by atoms with E-state index in [1.165, 1.54) is 6.20 Å². The maximum absolute atomic E-state index is 11.3. The van der Waals surface area contributed by atoms with Gasteiger partial charge in [0, 0.05) is 5.69 Å². The molecule has 2 aliphatic rings. The summed E-state index contributed by atoms with van der Waals surface area (Å²) in [5.41, 5.74) is 3.74. The number of allylic oxidation sites excluding steroid dienone is 8. The van der Waals surface area contributed by atoms with E-state index in [4.69, 9.17) is 0 Å². The maximum Gasteiger partial charge on any atom is 0.295 e. The predicted molar refractivity (Wildman–Crippen MR) is 78.3 cm³/mol. The summed E-state index contributed by atoms with van der Waals surface area (Å²) in [6.07, 6.45) is 17.6. The topological polar surface area (TPSA) is 56.0 Å². The largest absolute Gasteiger partial charge is 0.295 e. The van der Waals surface area contributed by atoms with Crippen molar-refractivity contribution in [2.45, 2.75) is 19.3 Å². The molecule has 0 aliphatic heterocycles. The molecule has 1 aromatic heterocycles. The van der Waals surface area contributed by atoms with E-state index in [1.54, 1.807) is 0 Å². The summed E-state index contributed by atoms with van der Waals surface area (Å²) in [7, 11) is 0. The Morgan fingerprint density at radius 1 is 1.10 bits per heavy atom. The van der Waals surface area contributed by atoms with Crippen molar-refractivity contribution in [2.75, 3.05) is 0 Å². The Kier molecular flexibility index (Phi) is 3.29. The van der Waals surface area contributed by atoms with Gasteiger partial charge >= 0.3 is 0 Å². The number of aryl methyl sites for hydroxylation is 1. The highest BCUT2D eigenvalue weighted by Gasteiger charge is 2.26. The van der Waals surface area contributed by atoms with Gasteiger partial charge < -0.3 is 0 Å². The summed E-state index contributed by atoms with van der Waals surface area (Å²) in [5, 5.41) is 11.3. The predicted octanol–water partition coefficient (Wildman–Crippen LogP) is 3.54. The van der Waals surface area contributed by atoms with E-state index in [-0.39, 0.29) is 10.6 Å². The minimum absolute atomic E-state index is 0.0968. The molecular formula is C16H14N2O2. The fourth-order valence-corrected chi connectivity index (χ4v) is 2.69. The van der Waals surface area contributed by atoms with E-state index in [0.717, 1.165) is 41.7 Å². The highest BCUT2D eigenvalue weighted by molar-refractivity contribution is 5.83. The normalized spacial score (nSPS) is 23.9. The van der Waals surface area contributed by atoms with Gasteiger partial charge in [-0.1, -0.05) is 42.5 Å². The summed E-state index contributed by atoms with van der Waals surface area (Å²) in [4.78, 5) is 15.2. The van der Waals surface area contributed by atoms with Crippen LogP contribution in [0.3, 0.4) is 0 Å². The number of nitrogens with zero attached hydrogens (tertiary/aromatic N) is 2. The molecule has 0 saturated carbocycles. The van der Waals surface area contributed by atoms with Gasteiger partial charge in [-0.25, -0.2) is 0 Å². The zero-order valence-corrected chi connectivity index (χ0v) is 11.0. The lowest BCUT2D eigenvalue weighted by Crippen LogP contribution is -2.02. The van der Waals surface area contributed by atoms with E-state index in [0.29, 0.717) is 0 Å². The van der Waals surface area contributed by atoms with Crippen LogP contribution in [0.2, 0.25) is 0 Å². The van der Waals surface area contributed by atoms with E-state index in [9.17, 15) is 10.1 Å². The lowest BCUT2D eigenvalue weighted by molar-refractivity contribution is -0.385. The third kappa shape index (κ3) is 2.20. The first-order chi connectivity index (χ1) is 9.77. The SMILES string of the molecule is O=[N+]([O-])c1cnc2c(c1C1=C/C=C\C=C/C=C\1)CCC2. The van der Waals surface area contributed by atoms with Gasteiger partial charge in [-0.3, -0.25) is 15.1 Å². The smallest absolute Gasteiger partial charge is 0.258 e. The van der Waals surface area contributed by atoms with Crippen LogP contribution in [-0.2, 0) is 12.8 Å². The number of aromatic nitrogens is 1. The summed E-state index contributed by atoms with van der Waals surface area (Å²) in [5.74, 6) is 0. The molecule has 1 aromatic rings. The van der Waals surface area contributed by atoms with Gasteiger partial charge in [-0.15, -0.1) is 0 Å². The molecule has 4 nitrogen and oxygen atoms in total. The minimum Gasteiger partial charge on any atom is -0.258 e. The molecule has 3 rings (SSSR count). The number of nitro groups is 1. The van der Waals surface area contributed by atoms with Crippen LogP contribution in [0.5, 0.6) is 0 Å². The lowest BCUT2D eigenvalue weighted by atomic mass is 9.96. The van der Waals surface area contributed by atoms with Gasteiger partial charge in [-0.2, -0.15) is 0 Å². The van der Waals surface area contributed by atoms with E-state index < -0.39 is 0 Å². The number of pyridine rings is 1. The molecule has 100 valence electrons. The first kappa shape index (κ1) is 12.5. The molecular weight excluding hydrogens is 252 g/mol. The molecule has 20 heavy (non-hydrogen) atoms. The highest BCUT2D eigenvalue weighted by Crippen LogP contribution is 2.35. The van der Waals surface area contributed by atoms with Crippen LogP contribution in [-0.4, -0.2) is 9.91 Å². The molecule has 4 heteroatoms. The van der Waals surface area contributed by atoms with Gasteiger partial charge in [0.25, 0.3) is 5.69 Å². The zero-order valence-electron chi connectivity index (χ0n) is 11.0. The molecule has 0 saturated heterocycles. The fraction of sp³-hybridized carbons (Fsp3) is 0.188. The summed E-state index contributed by atoms with van der Waals surface area (Å²) >= 11 is 0. The second-order valence-corrected chi connectivity index (χ2v) is 4.81. The average Bonchev–Trinajstić information content (AvgIpc) is 2.85. The Morgan fingerprint density at radius 2 is 1.90 bits per heavy atom. The Labute approximate surface area is 117 Å². The molecule has 0 aromatic carbocycles. The van der Waals surface area contributed by atoms with Crippen molar-refractivity contribution in [1.82, 2.24) is 4.98 Å². The second-order valence-electron chi connectivity index (χ2n) is 4.81. The molecule has 0 fully saturated rings. The highest BCUT2D eigenvalue weighted by atomic mass is 16.6. The van der Waals surface area contributed by atoms with E-state index in [2.05, 4.69) is 4.98 Å². The Morgan fingerprint density at radius 3 is 2.75 bits per heavy atom. The monoisotopic (exact) mass is 266 g/mol. The first-order valence-electron chi connectivity index (χ1n) is 6.64. The number of fused-ring (bicyclic) bond motifs is 1. The van der Waals surface area contributed by atoms with Crippen LogP contribution < -0.4 is 0 Å². The van der Waals surface area contributed by atoms with Crippen LogP contribution in [0.1, 0.15) is 23.2 Å².